The standard InChI is InChI=1S/C23H23F3N4O2.HI/c1-2-27-22(29-15-17-5-3-6-18(13-17)23(24,25)26)28-14-16-8-10-19(11-9-16)30-21(31)20-7-4-12-32-20;/h3-13H,2,14-15H2,1H3,(H,30,31)(H2,27,28,29);1H. The van der Waals surface area contributed by atoms with Crippen LogP contribution in [0.25, 0.3) is 0 Å². The number of nitrogens with zero attached hydrogens (tertiary/aromatic N) is 1. The quantitative estimate of drug-likeness (QED) is 0.201. The fourth-order valence-electron chi connectivity index (χ4n) is 2.85. The van der Waals surface area contributed by atoms with Gasteiger partial charge < -0.3 is 20.4 Å². The Labute approximate surface area is 206 Å². The monoisotopic (exact) mass is 572 g/mol. The van der Waals surface area contributed by atoms with E-state index in [1.807, 2.05) is 19.1 Å². The van der Waals surface area contributed by atoms with Crippen molar-refractivity contribution in [2.75, 3.05) is 11.9 Å². The van der Waals surface area contributed by atoms with E-state index >= 15 is 0 Å². The molecule has 33 heavy (non-hydrogen) atoms. The van der Waals surface area contributed by atoms with E-state index in [2.05, 4.69) is 20.9 Å². The van der Waals surface area contributed by atoms with Gasteiger partial charge in [-0.25, -0.2) is 4.99 Å². The Hall–Kier alpha value is -3.02. The first-order chi connectivity index (χ1) is 15.3. The van der Waals surface area contributed by atoms with Crippen LogP contribution >= 0.6 is 24.0 Å². The summed E-state index contributed by atoms with van der Waals surface area (Å²) in [6.07, 6.45) is -2.95. The molecule has 3 aromatic rings. The van der Waals surface area contributed by atoms with Crippen molar-refractivity contribution in [3.8, 4) is 0 Å². The molecule has 0 saturated carbocycles. The van der Waals surface area contributed by atoms with Crippen molar-refractivity contribution < 1.29 is 22.4 Å². The number of carbonyl (C=O) groups is 1. The molecule has 0 spiro atoms. The van der Waals surface area contributed by atoms with Gasteiger partial charge in [0.1, 0.15) is 0 Å². The van der Waals surface area contributed by atoms with Crippen LogP contribution in [-0.4, -0.2) is 18.4 Å². The molecular formula is C23H24F3IN4O2. The van der Waals surface area contributed by atoms with Crippen LogP contribution < -0.4 is 16.0 Å². The maximum Gasteiger partial charge on any atom is 0.416 e. The van der Waals surface area contributed by atoms with Gasteiger partial charge >= 0.3 is 6.18 Å². The van der Waals surface area contributed by atoms with E-state index in [-0.39, 0.29) is 42.2 Å². The summed E-state index contributed by atoms with van der Waals surface area (Å²) in [7, 11) is 0. The van der Waals surface area contributed by atoms with Crippen LogP contribution in [0.1, 0.15) is 34.2 Å². The summed E-state index contributed by atoms with van der Waals surface area (Å²) < 4.78 is 43.7. The van der Waals surface area contributed by atoms with Gasteiger partial charge in [0.2, 0.25) is 0 Å². The number of amides is 1. The molecule has 6 nitrogen and oxygen atoms in total. The Morgan fingerprint density at radius 2 is 1.76 bits per heavy atom. The van der Waals surface area contributed by atoms with Crippen LogP contribution in [0, 0.1) is 0 Å². The van der Waals surface area contributed by atoms with Crippen molar-refractivity contribution in [3.05, 3.63) is 89.4 Å². The zero-order valence-corrected chi connectivity index (χ0v) is 20.1. The predicted molar refractivity (Wildman–Crippen MR) is 132 cm³/mol. The molecule has 0 aliphatic carbocycles. The molecule has 0 fully saturated rings. The number of nitrogens with one attached hydrogen (secondary N) is 3. The average Bonchev–Trinajstić information content (AvgIpc) is 3.31. The number of guanidine groups is 1. The molecule has 1 aromatic heterocycles. The number of aliphatic imine (C=N–C) groups is 1. The third-order valence-electron chi connectivity index (χ3n) is 4.44. The van der Waals surface area contributed by atoms with E-state index in [0.29, 0.717) is 30.3 Å². The molecule has 0 atom stereocenters. The molecule has 0 unspecified atom stereocenters. The fraction of sp³-hybridized carbons (Fsp3) is 0.217. The van der Waals surface area contributed by atoms with Crippen LogP contribution in [0.5, 0.6) is 0 Å². The van der Waals surface area contributed by atoms with Crippen molar-refractivity contribution in [1.29, 1.82) is 0 Å². The van der Waals surface area contributed by atoms with Crippen LogP contribution in [0.4, 0.5) is 18.9 Å². The second-order valence-electron chi connectivity index (χ2n) is 6.88. The summed E-state index contributed by atoms with van der Waals surface area (Å²) in [5, 5.41) is 8.96. The Kier molecular flexibility index (Phi) is 9.76. The summed E-state index contributed by atoms with van der Waals surface area (Å²) in [5.74, 6) is 0.375. The molecule has 0 saturated heterocycles. The first-order valence-corrected chi connectivity index (χ1v) is 9.97. The summed E-state index contributed by atoms with van der Waals surface area (Å²) in [5.41, 5.74) is 1.34. The zero-order valence-electron chi connectivity index (χ0n) is 17.8. The van der Waals surface area contributed by atoms with Gasteiger partial charge in [0.25, 0.3) is 5.91 Å². The van der Waals surface area contributed by atoms with Crippen molar-refractivity contribution in [2.24, 2.45) is 4.99 Å². The molecule has 0 aliphatic heterocycles. The third kappa shape index (κ3) is 8.12. The second kappa shape index (κ2) is 12.3. The molecule has 3 N–H and O–H groups in total. The van der Waals surface area contributed by atoms with Crippen LogP contribution in [0.3, 0.4) is 0 Å². The van der Waals surface area contributed by atoms with E-state index in [1.54, 1.807) is 30.3 Å². The van der Waals surface area contributed by atoms with Gasteiger partial charge in [-0.3, -0.25) is 4.79 Å². The smallest absolute Gasteiger partial charge is 0.416 e. The van der Waals surface area contributed by atoms with Crippen molar-refractivity contribution in [3.63, 3.8) is 0 Å². The number of rotatable bonds is 7. The van der Waals surface area contributed by atoms with Gasteiger partial charge in [0.05, 0.1) is 18.4 Å². The maximum absolute atomic E-state index is 12.9. The summed E-state index contributed by atoms with van der Waals surface area (Å²) in [6, 6.07) is 15.6. The molecular weight excluding hydrogens is 548 g/mol. The van der Waals surface area contributed by atoms with Crippen molar-refractivity contribution in [2.45, 2.75) is 26.2 Å². The molecule has 3 rings (SSSR count). The summed E-state index contributed by atoms with van der Waals surface area (Å²) >= 11 is 0. The highest BCUT2D eigenvalue weighted by Crippen LogP contribution is 2.29. The first-order valence-electron chi connectivity index (χ1n) is 9.97. The molecule has 0 aliphatic rings. The van der Waals surface area contributed by atoms with E-state index in [9.17, 15) is 18.0 Å². The number of alkyl halides is 3. The lowest BCUT2D eigenvalue weighted by molar-refractivity contribution is -0.137. The SMILES string of the molecule is CCNC(=NCc1cccc(C(F)(F)F)c1)NCc1ccc(NC(=O)c2ccco2)cc1.I. The molecule has 2 aromatic carbocycles. The Morgan fingerprint density at radius 1 is 1.00 bits per heavy atom. The van der Waals surface area contributed by atoms with Crippen LogP contribution in [-0.2, 0) is 19.3 Å². The molecule has 1 amide bonds. The number of anilines is 1. The minimum Gasteiger partial charge on any atom is -0.459 e. The number of hydrogen-bond donors (Lipinski definition) is 3. The molecule has 0 bridgehead atoms. The molecule has 1 heterocycles. The minimum atomic E-state index is -4.38. The van der Waals surface area contributed by atoms with Gasteiger partial charge in [-0.2, -0.15) is 13.2 Å². The van der Waals surface area contributed by atoms with Gasteiger partial charge in [0, 0.05) is 18.8 Å². The average molecular weight is 572 g/mol. The number of furan rings is 1. The maximum atomic E-state index is 12.9. The lowest BCUT2D eigenvalue weighted by atomic mass is 10.1. The van der Waals surface area contributed by atoms with Gasteiger partial charge in [-0.05, 0) is 54.4 Å². The lowest BCUT2D eigenvalue weighted by Crippen LogP contribution is -2.36. The minimum absolute atomic E-state index is 0. The number of hydrogen-bond acceptors (Lipinski definition) is 3. The highest BCUT2D eigenvalue weighted by molar-refractivity contribution is 14.0. The molecule has 176 valence electrons. The van der Waals surface area contributed by atoms with E-state index < -0.39 is 11.7 Å². The first kappa shape index (κ1) is 26.2. The Bertz CT molecular complexity index is 1050. The van der Waals surface area contributed by atoms with Crippen LogP contribution in [0.15, 0.2) is 76.3 Å². The summed E-state index contributed by atoms with van der Waals surface area (Å²) in [6.45, 7) is 3.06. The van der Waals surface area contributed by atoms with E-state index in [4.69, 9.17) is 4.42 Å². The van der Waals surface area contributed by atoms with Crippen molar-refractivity contribution >= 4 is 41.5 Å². The third-order valence-corrected chi connectivity index (χ3v) is 4.44. The number of carbonyl (C=O) groups excluding carboxylic acids is 1. The Balaban J connectivity index is 0.00000385. The zero-order chi connectivity index (χ0) is 23.0. The topological polar surface area (TPSA) is 78.7 Å². The highest BCUT2D eigenvalue weighted by atomic mass is 127. The summed E-state index contributed by atoms with van der Waals surface area (Å²) in [4.78, 5) is 16.4. The van der Waals surface area contributed by atoms with Gasteiger partial charge in [0.15, 0.2) is 11.7 Å². The number of halogens is 4. The van der Waals surface area contributed by atoms with Crippen molar-refractivity contribution in [1.82, 2.24) is 10.6 Å². The Morgan fingerprint density at radius 3 is 2.39 bits per heavy atom. The van der Waals surface area contributed by atoms with Crippen LogP contribution in [0.2, 0.25) is 0 Å². The number of benzene rings is 2. The predicted octanol–water partition coefficient (Wildman–Crippen LogP) is 5.42. The normalized spacial score (nSPS) is 11.5. The fourth-order valence-corrected chi connectivity index (χ4v) is 2.85. The van der Waals surface area contributed by atoms with Gasteiger partial charge in [-0.15, -0.1) is 24.0 Å². The molecule has 0 radical (unpaired) electrons. The second-order valence-corrected chi connectivity index (χ2v) is 6.88. The van der Waals surface area contributed by atoms with E-state index in [1.165, 1.54) is 12.3 Å². The molecule has 10 heteroatoms. The van der Waals surface area contributed by atoms with E-state index in [0.717, 1.165) is 17.7 Å². The largest absolute Gasteiger partial charge is 0.459 e. The van der Waals surface area contributed by atoms with Gasteiger partial charge in [-0.1, -0.05) is 24.3 Å². The highest BCUT2D eigenvalue weighted by Gasteiger charge is 2.30. The lowest BCUT2D eigenvalue weighted by Gasteiger charge is -2.12.